The molecule has 0 atom stereocenters. The lowest BCUT2D eigenvalue weighted by molar-refractivity contribution is -0.124. The van der Waals surface area contributed by atoms with Crippen LogP contribution < -0.4 is 5.32 Å². The van der Waals surface area contributed by atoms with Gasteiger partial charge >= 0.3 is 6.16 Å². The summed E-state index contributed by atoms with van der Waals surface area (Å²) in [6, 6.07) is 0. The zero-order valence-corrected chi connectivity index (χ0v) is 10.8. The molecule has 0 bridgehead atoms. The standard InChI is InChI=1S/C8H12.C4H5NO2.CH2O3/c1-2-4-6-8-7-5-3-1;6-3-1-2-4(7)5-3;2-1(3)4/h1-6H2;1-2H2,(H,5,6,7);(H2,2,3,4). The van der Waals surface area contributed by atoms with E-state index in [0.29, 0.717) is 12.8 Å². The van der Waals surface area contributed by atoms with E-state index in [1.165, 1.54) is 25.7 Å². The molecule has 0 aromatic rings. The van der Waals surface area contributed by atoms with Crippen molar-refractivity contribution in [3.63, 3.8) is 0 Å². The van der Waals surface area contributed by atoms with Crippen molar-refractivity contribution in [2.75, 3.05) is 0 Å². The normalized spacial score (nSPS) is 17.1. The van der Waals surface area contributed by atoms with E-state index in [0.717, 1.165) is 12.8 Å². The Kier molecular flexibility index (Phi) is 9.90. The largest absolute Gasteiger partial charge is 0.503 e. The highest BCUT2D eigenvalue weighted by Gasteiger charge is 2.15. The fraction of sp³-hybridized carbons (Fsp3) is 0.615. The van der Waals surface area contributed by atoms with Crippen molar-refractivity contribution >= 4 is 18.0 Å². The van der Waals surface area contributed by atoms with E-state index >= 15 is 0 Å². The lowest BCUT2D eigenvalue weighted by Gasteiger charge is -1.97. The maximum absolute atomic E-state index is 10.1. The molecule has 0 spiro atoms. The van der Waals surface area contributed by atoms with Crippen LogP contribution in [0.15, 0.2) is 0 Å². The van der Waals surface area contributed by atoms with Gasteiger partial charge in [-0.1, -0.05) is 12.8 Å². The van der Waals surface area contributed by atoms with E-state index in [1.807, 2.05) is 0 Å². The van der Waals surface area contributed by atoms with Crippen LogP contribution in [0.5, 0.6) is 0 Å². The van der Waals surface area contributed by atoms with Gasteiger partial charge in [-0.25, -0.2) is 4.79 Å². The highest BCUT2D eigenvalue weighted by atomic mass is 16.6. The molecule has 1 aliphatic carbocycles. The monoisotopic (exact) mass is 269 g/mol. The summed E-state index contributed by atoms with van der Waals surface area (Å²) in [6.45, 7) is 0. The van der Waals surface area contributed by atoms with E-state index in [9.17, 15) is 9.59 Å². The van der Waals surface area contributed by atoms with Crippen LogP contribution in [0.1, 0.15) is 51.4 Å². The summed E-state index contributed by atoms with van der Waals surface area (Å²) < 4.78 is 0. The summed E-state index contributed by atoms with van der Waals surface area (Å²) in [5.41, 5.74) is 0. The molecule has 2 aliphatic rings. The maximum atomic E-state index is 10.1. The van der Waals surface area contributed by atoms with Gasteiger partial charge in [-0.05, 0) is 12.8 Å². The topological polar surface area (TPSA) is 104 Å². The van der Waals surface area contributed by atoms with Crippen LogP contribution in [-0.2, 0) is 9.59 Å². The summed E-state index contributed by atoms with van der Waals surface area (Å²) in [5.74, 6) is 5.98. The number of carboxylic acid groups (broad SMARTS) is 2. The fourth-order valence-corrected chi connectivity index (χ4v) is 1.46. The fourth-order valence-electron chi connectivity index (χ4n) is 1.46. The Labute approximate surface area is 112 Å². The predicted molar refractivity (Wildman–Crippen MR) is 68.5 cm³/mol. The van der Waals surface area contributed by atoms with Crippen molar-refractivity contribution in [3.05, 3.63) is 0 Å². The van der Waals surface area contributed by atoms with Gasteiger partial charge in [0, 0.05) is 25.7 Å². The zero-order chi connectivity index (χ0) is 14.5. The minimum atomic E-state index is -1.83. The Balaban J connectivity index is 0.000000272. The minimum Gasteiger partial charge on any atom is -0.450 e. The van der Waals surface area contributed by atoms with Gasteiger partial charge in [0.15, 0.2) is 0 Å². The van der Waals surface area contributed by atoms with E-state index in [1.54, 1.807) is 0 Å². The summed E-state index contributed by atoms with van der Waals surface area (Å²) >= 11 is 0. The lowest BCUT2D eigenvalue weighted by atomic mass is 10.1. The zero-order valence-electron chi connectivity index (χ0n) is 10.8. The number of hydrogen-bond acceptors (Lipinski definition) is 3. The molecule has 2 rings (SSSR count). The number of amides is 2. The molecule has 19 heavy (non-hydrogen) atoms. The molecule has 0 aromatic carbocycles. The van der Waals surface area contributed by atoms with Crippen molar-refractivity contribution in [2.24, 2.45) is 0 Å². The van der Waals surface area contributed by atoms with Gasteiger partial charge in [-0.2, -0.15) is 0 Å². The van der Waals surface area contributed by atoms with Crippen LogP contribution in [0.25, 0.3) is 0 Å². The van der Waals surface area contributed by atoms with Crippen LogP contribution in [0.2, 0.25) is 0 Å². The molecule has 1 aliphatic heterocycles. The molecular weight excluding hydrogens is 250 g/mol. The summed E-state index contributed by atoms with van der Waals surface area (Å²) in [6.07, 6.45) is 6.64. The summed E-state index contributed by atoms with van der Waals surface area (Å²) in [5, 5.41) is 16.1. The van der Waals surface area contributed by atoms with Gasteiger partial charge in [0.2, 0.25) is 11.8 Å². The van der Waals surface area contributed by atoms with Gasteiger partial charge in [0.25, 0.3) is 0 Å². The van der Waals surface area contributed by atoms with Crippen LogP contribution in [0.4, 0.5) is 4.79 Å². The van der Waals surface area contributed by atoms with Crippen LogP contribution in [0.3, 0.4) is 0 Å². The minimum absolute atomic E-state index is 0.148. The van der Waals surface area contributed by atoms with Crippen molar-refractivity contribution in [3.8, 4) is 11.8 Å². The number of carbonyl (C=O) groups is 3. The highest BCUT2D eigenvalue weighted by molar-refractivity contribution is 6.01. The van der Waals surface area contributed by atoms with Gasteiger partial charge in [-0.3, -0.25) is 14.9 Å². The second kappa shape index (κ2) is 11.1. The lowest BCUT2D eigenvalue weighted by Crippen LogP contribution is -2.18. The number of imide groups is 1. The van der Waals surface area contributed by atoms with Gasteiger partial charge in [0.1, 0.15) is 0 Å². The first-order chi connectivity index (χ1) is 9.02. The van der Waals surface area contributed by atoms with Gasteiger partial charge in [-0.15, -0.1) is 11.8 Å². The molecule has 1 saturated heterocycles. The smallest absolute Gasteiger partial charge is 0.450 e. The second-order valence-corrected chi connectivity index (χ2v) is 4.02. The Morgan fingerprint density at radius 3 is 1.53 bits per heavy atom. The van der Waals surface area contributed by atoms with Gasteiger partial charge in [0.05, 0.1) is 0 Å². The molecule has 0 unspecified atom stereocenters. The molecular formula is C13H19NO5. The molecule has 0 saturated carbocycles. The molecule has 0 radical (unpaired) electrons. The average Bonchev–Trinajstić information content (AvgIpc) is 2.61. The third-order valence-corrected chi connectivity index (χ3v) is 2.34. The third-order valence-electron chi connectivity index (χ3n) is 2.34. The Morgan fingerprint density at radius 1 is 0.895 bits per heavy atom. The van der Waals surface area contributed by atoms with E-state index < -0.39 is 6.16 Å². The Morgan fingerprint density at radius 2 is 1.26 bits per heavy atom. The third kappa shape index (κ3) is 13.9. The molecule has 6 nitrogen and oxygen atoms in total. The molecule has 106 valence electrons. The van der Waals surface area contributed by atoms with Crippen LogP contribution >= 0.6 is 0 Å². The predicted octanol–water partition coefficient (Wildman–Crippen LogP) is 1.99. The maximum Gasteiger partial charge on any atom is 0.503 e. The van der Waals surface area contributed by atoms with Crippen molar-refractivity contribution in [1.82, 2.24) is 5.32 Å². The number of nitrogens with one attached hydrogen (secondary N) is 1. The first-order valence-corrected chi connectivity index (χ1v) is 6.22. The second-order valence-electron chi connectivity index (χ2n) is 4.02. The number of rotatable bonds is 0. The van der Waals surface area contributed by atoms with E-state index in [-0.39, 0.29) is 11.8 Å². The average molecular weight is 269 g/mol. The van der Waals surface area contributed by atoms with E-state index in [2.05, 4.69) is 17.2 Å². The molecule has 3 N–H and O–H groups in total. The first-order valence-electron chi connectivity index (χ1n) is 6.22. The van der Waals surface area contributed by atoms with Crippen LogP contribution in [-0.4, -0.2) is 28.2 Å². The van der Waals surface area contributed by atoms with E-state index in [4.69, 9.17) is 15.0 Å². The number of hydrogen-bond donors (Lipinski definition) is 3. The molecule has 0 aromatic heterocycles. The number of carbonyl (C=O) groups excluding carboxylic acids is 2. The Hall–Kier alpha value is -2.03. The van der Waals surface area contributed by atoms with Crippen LogP contribution in [0, 0.1) is 11.8 Å². The van der Waals surface area contributed by atoms with Crippen molar-refractivity contribution < 1.29 is 24.6 Å². The van der Waals surface area contributed by atoms with Crippen molar-refractivity contribution in [1.29, 1.82) is 0 Å². The summed E-state index contributed by atoms with van der Waals surface area (Å²) in [4.78, 5) is 28.8. The first kappa shape index (κ1) is 17.0. The molecule has 1 heterocycles. The highest BCUT2D eigenvalue weighted by Crippen LogP contribution is 2.06. The molecule has 6 heteroatoms. The van der Waals surface area contributed by atoms with Gasteiger partial charge < -0.3 is 10.2 Å². The molecule has 1 fully saturated rings. The quantitative estimate of drug-likeness (QED) is 0.461. The molecule has 2 amide bonds. The Bertz CT molecular complexity index is 337. The summed E-state index contributed by atoms with van der Waals surface area (Å²) in [7, 11) is 0. The van der Waals surface area contributed by atoms with Crippen molar-refractivity contribution in [2.45, 2.75) is 51.4 Å². The SMILES string of the molecule is C1#CCCCCCC1.O=C(O)O.O=C1CCC(=O)N1.